The molecule has 0 atom stereocenters. The van der Waals surface area contributed by atoms with Gasteiger partial charge in [0.1, 0.15) is 11.6 Å². The van der Waals surface area contributed by atoms with Crippen LogP contribution in [0.1, 0.15) is 28.4 Å². The van der Waals surface area contributed by atoms with E-state index in [1.54, 1.807) is 25.4 Å². The van der Waals surface area contributed by atoms with Crippen LogP contribution in [0, 0.1) is 0 Å². The van der Waals surface area contributed by atoms with Crippen LogP contribution in [0.3, 0.4) is 0 Å². The van der Waals surface area contributed by atoms with Crippen LogP contribution in [0.4, 0.5) is 11.5 Å². The number of carbonyl (C=O) groups is 1. The van der Waals surface area contributed by atoms with Crippen molar-refractivity contribution in [3.8, 4) is 5.75 Å². The summed E-state index contributed by atoms with van der Waals surface area (Å²) in [6.07, 6.45) is 3.47. The first-order valence-corrected chi connectivity index (χ1v) is 9.41. The fraction of sp³-hybridized carbons (Fsp3) is 0.217. The molecule has 144 valence electrons. The molecule has 0 aliphatic rings. The summed E-state index contributed by atoms with van der Waals surface area (Å²) in [6, 6.07) is 19.4. The van der Waals surface area contributed by atoms with Gasteiger partial charge in [0.05, 0.1) is 7.11 Å². The summed E-state index contributed by atoms with van der Waals surface area (Å²) >= 11 is 0. The number of aromatic nitrogens is 1. The zero-order valence-electron chi connectivity index (χ0n) is 16.2. The molecule has 0 fully saturated rings. The maximum Gasteiger partial charge on any atom is 0.255 e. The molecule has 5 nitrogen and oxygen atoms in total. The number of nitrogens with one attached hydrogen (secondary N) is 2. The Kier molecular flexibility index (Phi) is 6.63. The van der Waals surface area contributed by atoms with Crippen LogP contribution in [0.15, 0.2) is 66.9 Å². The Morgan fingerprint density at radius 1 is 1.00 bits per heavy atom. The van der Waals surface area contributed by atoms with Gasteiger partial charge in [0.15, 0.2) is 0 Å². The smallest absolute Gasteiger partial charge is 0.255 e. The highest BCUT2D eigenvalue weighted by Gasteiger charge is 2.07. The highest BCUT2D eigenvalue weighted by atomic mass is 16.5. The van der Waals surface area contributed by atoms with Crippen LogP contribution in [0.5, 0.6) is 5.75 Å². The number of carbonyl (C=O) groups excluding carboxylic acids is 1. The number of aryl methyl sites for hydroxylation is 1. The van der Waals surface area contributed by atoms with Crippen molar-refractivity contribution < 1.29 is 9.53 Å². The first-order valence-electron chi connectivity index (χ1n) is 9.41. The second-order valence-electron chi connectivity index (χ2n) is 6.46. The van der Waals surface area contributed by atoms with E-state index in [0.29, 0.717) is 11.4 Å². The molecule has 0 saturated heterocycles. The molecule has 0 aliphatic carbocycles. The minimum absolute atomic E-state index is 0.148. The van der Waals surface area contributed by atoms with Gasteiger partial charge in [0.2, 0.25) is 0 Å². The van der Waals surface area contributed by atoms with Crippen molar-refractivity contribution in [2.45, 2.75) is 19.8 Å². The molecule has 1 heterocycles. The number of nitrogens with zero attached hydrogens (tertiary/aromatic N) is 1. The van der Waals surface area contributed by atoms with Gasteiger partial charge in [-0.3, -0.25) is 4.79 Å². The average Bonchev–Trinajstić information content (AvgIpc) is 2.75. The molecular formula is C23H25N3O2. The first kappa shape index (κ1) is 19.4. The van der Waals surface area contributed by atoms with Gasteiger partial charge in [0.25, 0.3) is 5.91 Å². The summed E-state index contributed by atoms with van der Waals surface area (Å²) in [7, 11) is 1.66. The molecule has 1 amide bonds. The van der Waals surface area contributed by atoms with E-state index in [-0.39, 0.29) is 5.91 Å². The van der Waals surface area contributed by atoms with E-state index in [1.165, 1.54) is 11.1 Å². The van der Waals surface area contributed by atoms with Gasteiger partial charge in [-0.1, -0.05) is 31.2 Å². The zero-order chi connectivity index (χ0) is 19.8. The third-order valence-electron chi connectivity index (χ3n) is 4.52. The number of anilines is 2. The van der Waals surface area contributed by atoms with Crippen molar-refractivity contribution in [1.29, 1.82) is 0 Å². The molecule has 0 saturated carbocycles. The van der Waals surface area contributed by atoms with E-state index in [0.717, 1.165) is 30.8 Å². The van der Waals surface area contributed by atoms with Gasteiger partial charge >= 0.3 is 0 Å². The fourth-order valence-electron chi connectivity index (χ4n) is 2.82. The van der Waals surface area contributed by atoms with Crippen LogP contribution in [-0.2, 0) is 12.8 Å². The summed E-state index contributed by atoms with van der Waals surface area (Å²) in [5.74, 6) is 1.38. The molecule has 0 unspecified atom stereocenters. The van der Waals surface area contributed by atoms with E-state index in [1.807, 2.05) is 48.5 Å². The molecule has 5 heteroatoms. The van der Waals surface area contributed by atoms with Gasteiger partial charge in [-0.15, -0.1) is 0 Å². The quantitative estimate of drug-likeness (QED) is 0.606. The summed E-state index contributed by atoms with van der Waals surface area (Å²) in [4.78, 5) is 16.8. The molecule has 0 spiro atoms. The largest absolute Gasteiger partial charge is 0.497 e. The topological polar surface area (TPSA) is 63.2 Å². The second-order valence-corrected chi connectivity index (χ2v) is 6.46. The molecule has 28 heavy (non-hydrogen) atoms. The third-order valence-corrected chi connectivity index (χ3v) is 4.52. The maximum atomic E-state index is 12.5. The normalized spacial score (nSPS) is 10.4. The number of rotatable bonds is 8. The lowest BCUT2D eigenvalue weighted by Gasteiger charge is -2.09. The molecule has 1 aromatic heterocycles. The van der Waals surface area contributed by atoms with E-state index in [4.69, 9.17) is 4.74 Å². The standard InChI is InChI=1S/C23H25N3O2/c1-3-17-4-8-20(9-5-17)26-23(27)19-13-15-25-22(16-19)24-14-12-18-6-10-21(28-2)11-7-18/h4-11,13,15-16H,3,12,14H2,1-2H3,(H,24,25)(H,26,27). The van der Waals surface area contributed by atoms with Gasteiger partial charge in [-0.05, 0) is 60.4 Å². The number of ether oxygens (including phenoxy) is 1. The van der Waals surface area contributed by atoms with Gasteiger partial charge in [0, 0.05) is 24.0 Å². The number of benzene rings is 2. The lowest BCUT2D eigenvalue weighted by Crippen LogP contribution is -2.13. The Morgan fingerprint density at radius 3 is 2.39 bits per heavy atom. The van der Waals surface area contributed by atoms with E-state index >= 15 is 0 Å². The van der Waals surface area contributed by atoms with Crippen molar-refractivity contribution in [1.82, 2.24) is 4.98 Å². The van der Waals surface area contributed by atoms with Crippen LogP contribution in [-0.4, -0.2) is 24.5 Å². The van der Waals surface area contributed by atoms with E-state index in [2.05, 4.69) is 22.5 Å². The van der Waals surface area contributed by atoms with Crippen molar-refractivity contribution in [3.63, 3.8) is 0 Å². The summed E-state index contributed by atoms with van der Waals surface area (Å²) in [6.45, 7) is 2.83. The summed E-state index contributed by atoms with van der Waals surface area (Å²) in [5.41, 5.74) is 3.80. The van der Waals surface area contributed by atoms with Crippen LogP contribution in [0.2, 0.25) is 0 Å². The Morgan fingerprint density at radius 2 is 1.71 bits per heavy atom. The van der Waals surface area contributed by atoms with Gasteiger partial charge in [-0.25, -0.2) is 4.98 Å². The average molecular weight is 375 g/mol. The molecule has 0 aliphatic heterocycles. The molecule has 2 aromatic carbocycles. The number of methoxy groups -OCH3 is 1. The number of pyridine rings is 1. The molecule has 3 rings (SSSR count). The Bertz CT molecular complexity index is 906. The molecule has 2 N–H and O–H groups in total. The summed E-state index contributed by atoms with van der Waals surface area (Å²) in [5, 5.41) is 6.20. The highest BCUT2D eigenvalue weighted by molar-refractivity contribution is 6.04. The second kappa shape index (κ2) is 9.55. The Hall–Kier alpha value is -3.34. The minimum atomic E-state index is -0.148. The Balaban J connectivity index is 1.55. The Labute approximate surface area is 165 Å². The lowest BCUT2D eigenvalue weighted by atomic mass is 10.1. The number of amides is 1. The van der Waals surface area contributed by atoms with Gasteiger partial charge in [-0.2, -0.15) is 0 Å². The lowest BCUT2D eigenvalue weighted by molar-refractivity contribution is 0.102. The van der Waals surface area contributed by atoms with Crippen molar-refractivity contribution >= 4 is 17.4 Å². The van der Waals surface area contributed by atoms with E-state index in [9.17, 15) is 4.79 Å². The SMILES string of the molecule is CCc1ccc(NC(=O)c2ccnc(NCCc3ccc(OC)cc3)c2)cc1. The number of hydrogen-bond acceptors (Lipinski definition) is 4. The molecule has 0 radical (unpaired) electrons. The minimum Gasteiger partial charge on any atom is -0.497 e. The predicted molar refractivity (Wildman–Crippen MR) is 113 cm³/mol. The monoisotopic (exact) mass is 375 g/mol. The van der Waals surface area contributed by atoms with Crippen molar-refractivity contribution in [2.24, 2.45) is 0 Å². The summed E-state index contributed by atoms with van der Waals surface area (Å²) < 4.78 is 5.17. The number of hydrogen-bond donors (Lipinski definition) is 2. The highest BCUT2D eigenvalue weighted by Crippen LogP contribution is 2.14. The van der Waals surface area contributed by atoms with Crippen LogP contribution in [0.25, 0.3) is 0 Å². The predicted octanol–water partition coefficient (Wildman–Crippen LogP) is 4.56. The van der Waals surface area contributed by atoms with Crippen molar-refractivity contribution in [3.05, 3.63) is 83.6 Å². The third kappa shape index (κ3) is 5.33. The van der Waals surface area contributed by atoms with E-state index < -0.39 is 0 Å². The zero-order valence-corrected chi connectivity index (χ0v) is 16.2. The van der Waals surface area contributed by atoms with Gasteiger partial charge < -0.3 is 15.4 Å². The van der Waals surface area contributed by atoms with Crippen molar-refractivity contribution in [2.75, 3.05) is 24.3 Å². The molecule has 0 bridgehead atoms. The first-order chi connectivity index (χ1) is 13.7. The molecule has 3 aromatic rings. The van der Waals surface area contributed by atoms with Crippen LogP contribution >= 0.6 is 0 Å². The molecular weight excluding hydrogens is 350 g/mol. The van der Waals surface area contributed by atoms with Crippen LogP contribution < -0.4 is 15.4 Å². The fourth-order valence-corrected chi connectivity index (χ4v) is 2.82. The maximum absolute atomic E-state index is 12.5.